The molecule has 8 nitrogen and oxygen atoms in total. The van der Waals surface area contributed by atoms with Crippen molar-refractivity contribution in [2.75, 3.05) is 39.4 Å². The van der Waals surface area contributed by atoms with Crippen LogP contribution in [0, 0.1) is 0 Å². The van der Waals surface area contributed by atoms with Gasteiger partial charge in [-0.2, -0.15) is 5.10 Å². The zero-order chi connectivity index (χ0) is 23.1. The maximum atomic E-state index is 13.4. The molecule has 0 radical (unpaired) electrons. The highest BCUT2D eigenvalue weighted by Crippen LogP contribution is 2.40. The van der Waals surface area contributed by atoms with Crippen LogP contribution in [-0.4, -0.2) is 82.4 Å². The maximum Gasteiger partial charge on any atom is 0.282 e. The lowest BCUT2D eigenvalue weighted by atomic mass is 10.0. The van der Waals surface area contributed by atoms with Gasteiger partial charge in [-0.1, -0.05) is 6.07 Å². The molecule has 0 spiro atoms. The second-order valence-electron chi connectivity index (χ2n) is 9.29. The zero-order valence-electron chi connectivity index (χ0n) is 19.3. The number of likely N-dealkylation sites (tertiary alicyclic amines) is 1. The summed E-state index contributed by atoms with van der Waals surface area (Å²) in [7, 11) is 0. The standard InChI is InChI=1S/C25H29N5O3S/c1-16-15-30(9-11-32-16)19-4-7-29(8-5-19)25(31)24-28-23-20-3-2-17(18-13-26-27-14-18)12-21(20)33-10-6-22(23)34-24/h2-3,12-14,16,19H,4-11,15H2,1H3,(H,26,27)/t16-/m1/s1. The number of morpholine rings is 1. The molecule has 1 atom stereocenters. The van der Waals surface area contributed by atoms with E-state index in [9.17, 15) is 4.79 Å². The number of thiazole rings is 1. The van der Waals surface area contributed by atoms with E-state index in [1.54, 1.807) is 6.20 Å². The van der Waals surface area contributed by atoms with Gasteiger partial charge in [0.2, 0.25) is 0 Å². The molecule has 0 bridgehead atoms. The van der Waals surface area contributed by atoms with Crippen LogP contribution in [0.1, 0.15) is 34.4 Å². The van der Waals surface area contributed by atoms with Crippen LogP contribution in [0.5, 0.6) is 5.75 Å². The Kier molecular flexibility index (Phi) is 5.84. The smallest absolute Gasteiger partial charge is 0.282 e. The fourth-order valence-electron chi connectivity index (χ4n) is 5.25. The lowest BCUT2D eigenvalue weighted by Gasteiger charge is -2.41. The molecule has 5 heterocycles. The summed E-state index contributed by atoms with van der Waals surface area (Å²) in [5.41, 5.74) is 3.90. The zero-order valence-corrected chi connectivity index (χ0v) is 20.1. The van der Waals surface area contributed by atoms with E-state index in [-0.39, 0.29) is 5.91 Å². The SMILES string of the molecule is C[C@@H]1CN(C2CCN(C(=O)c3nc4c(s3)CCOc3cc(-c5cn[nH]c5)ccc3-4)CC2)CCO1. The van der Waals surface area contributed by atoms with Crippen LogP contribution in [0.2, 0.25) is 0 Å². The van der Waals surface area contributed by atoms with Crippen molar-refractivity contribution < 1.29 is 14.3 Å². The number of amides is 1. The summed E-state index contributed by atoms with van der Waals surface area (Å²) in [6, 6.07) is 6.68. The summed E-state index contributed by atoms with van der Waals surface area (Å²) in [6.45, 7) is 7.07. The number of nitrogens with zero attached hydrogens (tertiary/aromatic N) is 4. The molecule has 3 aromatic rings. The first kappa shape index (κ1) is 21.8. The van der Waals surface area contributed by atoms with Gasteiger partial charge in [0.15, 0.2) is 5.01 Å². The molecule has 1 N–H and O–H groups in total. The van der Waals surface area contributed by atoms with Crippen molar-refractivity contribution in [3.05, 3.63) is 40.5 Å². The van der Waals surface area contributed by atoms with Crippen LogP contribution < -0.4 is 4.74 Å². The molecule has 0 aliphatic carbocycles. The molecule has 2 aromatic heterocycles. The first-order chi connectivity index (χ1) is 16.7. The molecular weight excluding hydrogens is 450 g/mol. The Labute approximate surface area is 202 Å². The summed E-state index contributed by atoms with van der Waals surface area (Å²) in [5.74, 6) is 0.867. The molecule has 34 heavy (non-hydrogen) atoms. The fraction of sp³-hybridized carbons (Fsp3) is 0.480. The predicted molar refractivity (Wildman–Crippen MR) is 130 cm³/mol. The third-order valence-electron chi connectivity index (χ3n) is 7.08. The molecule has 1 aromatic carbocycles. The van der Waals surface area contributed by atoms with Crippen molar-refractivity contribution >= 4 is 17.2 Å². The first-order valence-electron chi connectivity index (χ1n) is 12.1. The van der Waals surface area contributed by atoms with E-state index in [1.165, 1.54) is 11.3 Å². The van der Waals surface area contributed by atoms with Gasteiger partial charge in [0.1, 0.15) is 5.75 Å². The van der Waals surface area contributed by atoms with Crippen molar-refractivity contribution in [1.29, 1.82) is 0 Å². The van der Waals surface area contributed by atoms with Gasteiger partial charge in [0.25, 0.3) is 5.91 Å². The highest BCUT2D eigenvalue weighted by molar-refractivity contribution is 7.14. The van der Waals surface area contributed by atoms with Crippen molar-refractivity contribution in [1.82, 2.24) is 25.0 Å². The molecule has 2 fully saturated rings. The lowest BCUT2D eigenvalue weighted by Crippen LogP contribution is -2.51. The van der Waals surface area contributed by atoms with E-state index in [2.05, 4.69) is 28.1 Å². The Morgan fingerprint density at radius 3 is 2.85 bits per heavy atom. The number of carbonyl (C=O) groups is 1. The minimum Gasteiger partial charge on any atom is -0.492 e. The minimum atomic E-state index is 0.0596. The number of piperidine rings is 1. The number of aromatic amines is 1. The number of hydrogen-bond acceptors (Lipinski definition) is 7. The molecule has 3 aliphatic heterocycles. The quantitative estimate of drug-likeness (QED) is 0.620. The Bertz CT molecular complexity index is 1170. The Hall–Kier alpha value is -2.75. The molecule has 6 rings (SSSR count). The van der Waals surface area contributed by atoms with Gasteiger partial charge in [-0.15, -0.1) is 11.3 Å². The third-order valence-corrected chi connectivity index (χ3v) is 8.18. The number of aromatic nitrogens is 3. The molecule has 0 unspecified atom stereocenters. The van der Waals surface area contributed by atoms with E-state index < -0.39 is 0 Å². The van der Waals surface area contributed by atoms with Gasteiger partial charge in [-0.25, -0.2) is 4.98 Å². The van der Waals surface area contributed by atoms with E-state index in [0.717, 1.165) is 85.1 Å². The molecule has 0 saturated carbocycles. The first-order valence-corrected chi connectivity index (χ1v) is 12.9. The predicted octanol–water partition coefficient (Wildman–Crippen LogP) is 3.46. The fourth-order valence-corrected chi connectivity index (χ4v) is 6.27. The number of nitrogens with one attached hydrogen (secondary N) is 1. The van der Waals surface area contributed by atoms with E-state index >= 15 is 0 Å². The van der Waals surface area contributed by atoms with E-state index in [1.807, 2.05) is 23.2 Å². The summed E-state index contributed by atoms with van der Waals surface area (Å²) in [4.78, 5) is 23.8. The summed E-state index contributed by atoms with van der Waals surface area (Å²) >= 11 is 1.52. The Morgan fingerprint density at radius 2 is 2.06 bits per heavy atom. The number of H-pyrrole nitrogens is 1. The lowest BCUT2D eigenvalue weighted by molar-refractivity contribution is -0.0423. The van der Waals surface area contributed by atoms with Gasteiger partial charge in [-0.3, -0.25) is 14.8 Å². The Morgan fingerprint density at radius 1 is 1.18 bits per heavy atom. The topological polar surface area (TPSA) is 83.6 Å². The van der Waals surface area contributed by atoms with Crippen LogP contribution >= 0.6 is 11.3 Å². The second kappa shape index (κ2) is 9.13. The highest BCUT2D eigenvalue weighted by atomic mass is 32.1. The van der Waals surface area contributed by atoms with Crippen LogP contribution in [0.15, 0.2) is 30.6 Å². The highest BCUT2D eigenvalue weighted by Gasteiger charge is 2.31. The van der Waals surface area contributed by atoms with Gasteiger partial charge in [0, 0.05) is 60.8 Å². The number of hydrogen-bond donors (Lipinski definition) is 1. The Balaban J connectivity index is 1.18. The van der Waals surface area contributed by atoms with E-state index in [4.69, 9.17) is 14.5 Å². The average Bonchev–Trinajstić information content (AvgIpc) is 3.52. The van der Waals surface area contributed by atoms with Crippen molar-refractivity contribution in [2.24, 2.45) is 0 Å². The number of rotatable bonds is 3. The minimum absolute atomic E-state index is 0.0596. The summed E-state index contributed by atoms with van der Waals surface area (Å²) in [6.07, 6.45) is 6.74. The van der Waals surface area contributed by atoms with Gasteiger partial charge in [0.05, 0.1) is 31.2 Å². The number of carbonyl (C=O) groups excluding carboxylic acids is 1. The maximum absolute atomic E-state index is 13.4. The molecule has 1 amide bonds. The molecule has 178 valence electrons. The average molecular weight is 480 g/mol. The van der Waals surface area contributed by atoms with Gasteiger partial charge >= 0.3 is 0 Å². The summed E-state index contributed by atoms with van der Waals surface area (Å²) < 4.78 is 11.7. The number of ether oxygens (including phenoxy) is 2. The monoisotopic (exact) mass is 479 g/mol. The molecular formula is C25H29N5O3S. The van der Waals surface area contributed by atoms with Gasteiger partial charge < -0.3 is 14.4 Å². The van der Waals surface area contributed by atoms with Crippen molar-refractivity contribution in [2.45, 2.75) is 38.3 Å². The van der Waals surface area contributed by atoms with Crippen LogP contribution in [-0.2, 0) is 11.2 Å². The molecule has 9 heteroatoms. The molecule has 3 aliphatic rings. The van der Waals surface area contributed by atoms with Crippen LogP contribution in [0.3, 0.4) is 0 Å². The number of fused-ring (bicyclic) bond motifs is 3. The second-order valence-corrected chi connectivity index (χ2v) is 10.4. The van der Waals surface area contributed by atoms with Crippen LogP contribution in [0.25, 0.3) is 22.4 Å². The normalized spacial score (nSPS) is 21.4. The molecule has 2 saturated heterocycles. The number of benzene rings is 1. The van der Waals surface area contributed by atoms with Crippen molar-refractivity contribution in [3.8, 4) is 28.1 Å². The third kappa shape index (κ3) is 4.12. The van der Waals surface area contributed by atoms with Crippen LogP contribution in [0.4, 0.5) is 0 Å². The van der Waals surface area contributed by atoms with Gasteiger partial charge in [-0.05, 0) is 37.5 Å². The van der Waals surface area contributed by atoms with E-state index in [0.29, 0.717) is 23.8 Å². The largest absolute Gasteiger partial charge is 0.492 e. The summed E-state index contributed by atoms with van der Waals surface area (Å²) in [5, 5.41) is 7.49. The van der Waals surface area contributed by atoms with Crippen molar-refractivity contribution in [3.63, 3.8) is 0 Å².